The van der Waals surface area contributed by atoms with E-state index < -0.39 is 0 Å². The fraction of sp³-hybridized carbons (Fsp3) is 0.333. The summed E-state index contributed by atoms with van der Waals surface area (Å²) in [5.74, 6) is 3.59. The molecule has 0 bridgehead atoms. The van der Waals surface area contributed by atoms with Gasteiger partial charge in [0.25, 0.3) is 0 Å². The maximum atomic E-state index is 5.18. The molecule has 0 amide bonds. The summed E-state index contributed by atoms with van der Waals surface area (Å²) in [6, 6.07) is 2.01. The molecule has 0 unspecified atom stereocenters. The van der Waals surface area contributed by atoms with E-state index in [1.54, 1.807) is 23.1 Å². The maximum absolute atomic E-state index is 5.18. The minimum atomic E-state index is 0.461. The highest BCUT2D eigenvalue weighted by molar-refractivity contribution is 7.97. The predicted octanol–water partition coefficient (Wildman–Crippen LogP) is 2.86. The van der Waals surface area contributed by atoms with Gasteiger partial charge in [0.1, 0.15) is 16.5 Å². The highest BCUT2D eigenvalue weighted by atomic mass is 32.2. The van der Waals surface area contributed by atoms with Crippen LogP contribution in [-0.2, 0) is 12.3 Å². The Morgan fingerprint density at radius 2 is 2.25 bits per heavy atom. The molecule has 3 aromatic heterocycles. The SMILES string of the molecule is CSCc1noc(CNc2nc(C)nc3sccc23)n1. The van der Waals surface area contributed by atoms with E-state index in [0.29, 0.717) is 18.3 Å². The van der Waals surface area contributed by atoms with Crippen LogP contribution in [0.3, 0.4) is 0 Å². The van der Waals surface area contributed by atoms with Crippen molar-refractivity contribution in [3.63, 3.8) is 0 Å². The van der Waals surface area contributed by atoms with E-state index >= 15 is 0 Å². The Hall–Kier alpha value is -1.67. The van der Waals surface area contributed by atoms with E-state index in [-0.39, 0.29) is 0 Å². The third kappa shape index (κ3) is 2.75. The summed E-state index contributed by atoms with van der Waals surface area (Å²) in [5, 5.41) is 10.2. The number of rotatable bonds is 5. The first-order chi connectivity index (χ1) is 9.76. The zero-order valence-corrected chi connectivity index (χ0v) is 12.7. The number of hydrogen-bond acceptors (Lipinski definition) is 8. The summed E-state index contributed by atoms with van der Waals surface area (Å²) in [7, 11) is 0. The number of nitrogens with one attached hydrogen (secondary N) is 1. The first-order valence-corrected chi connectivity index (χ1v) is 8.29. The van der Waals surface area contributed by atoms with E-state index in [1.165, 1.54) is 0 Å². The number of hydrogen-bond donors (Lipinski definition) is 1. The van der Waals surface area contributed by atoms with Gasteiger partial charge >= 0.3 is 0 Å². The van der Waals surface area contributed by atoms with Crippen molar-refractivity contribution in [2.45, 2.75) is 19.2 Å². The van der Waals surface area contributed by atoms with Crippen LogP contribution in [0.15, 0.2) is 16.0 Å². The van der Waals surface area contributed by atoms with Crippen LogP contribution < -0.4 is 5.32 Å². The largest absolute Gasteiger partial charge is 0.360 e. The molecule has 0 saturated heterocycles. The van der Waals surface area contributed by atoms with Crippen LogP contribution in [0.4, 0.5) is 5.82 Å². The number of aromatic nitrogens is 4. The van der Waals surface area contributed by atoms with Crippen molar-refractivity contribution in [2.24, 2.45) is 0 Å². The van der Waals surface area contributed by atoms with Gasteiger partial charge in [-0.3, -0.25) is 0 Å². The Bertz CT molecular complexity index is 724. The van der Waals surface area contributed by atoms with Gasteiger partial charge < -0.3 is 9.84 Å². The first-order valence-electron chi connectivity index (χ1n) is 6.02. The summed E-state index contributed by atoms with van der Waals surface area (Å²) >= 11 is 3.27. The molecule has 3 heterocycles. The van der Waals surface area contributed by atoms with E-state index in [1.807, 2.05) is 24.6 Å². The van der Waals surface area contributed by atoms with Gasteiger partial charge in [0.2, 0.25) is 5.89 Å². The molecule has 0 spiro atoms. The molecule has 6 nitrogen and oxygen atoms in total. The maximum Gasteiger partial charge on any atom is 0.246 e. The molecule has 1 N–H and O–H groups in total. The zero-order chi connectivity index (χ0) is 13.9. The Kier molecular flexibility index (Phi) is 3.83. The Morgan fingerprint density at radius 3 is 3.10 bits per heavy atom. The molecule has 104 valence electrons. The third-order valence-corrected chi connectivity index (χ3v) is 3.98. The molecule has 8 heteroatoms. The molecular formula is C12H13N5OS2. The highest BCUT2D eigenvalue weighted by Gasteiger charge is 2.09. The Labute approximate surface area is 124 Å². The van der Waals surface area contributed by atoms with Crippen molar-refractivity contribution >= 4 is 39.1 Å². The lowest BCUT2D eigenvalue weighted by Gasteiger charge is -2.04. The fourth-order valence-electron chi connectivity index (χ4n) is 1.81. The minimum Gasteiger partial charge on any atom is -0.360 e. The van der Waals surface area contributed by atoms with Crippen LogP contribution in [0, 0.1) is 6.92 Å². The van der Waals surface area contributed by atoms with E-state index in [2.05, 4.69) is 25.4 Å². The predicted molar refractivity (Wildman–Crippen MR) is 81.0 cm³/mol. The van der Waals surface area contributed by atoms with Gasteiger partial charge in [-0.15, -0.1) is 11.3 Å². The second-order valence-electron chi connectivity index (χ2n) is 4.15. The molecule has 0 radical (unpaired) electrons. The van der Waals surface area contributed by atoms with Crippen molar-refractivity contribution in [3.05, 3.63) is 29.0 Å². The molecule has 0 aliphatic rings. The molecule has 0 atom stereocenters. The molecule has 0 fully saturated rings. The molecule has 0 aliphatic heterocycles. The zero-order valence-electron chi connectivity index (χ0n) is 11.1. The van der Waals surface area contributed by atoms with Crippen molar-refractivity contribution in [1.29, 1.82) is 0 Å². The highest BCUT2D eigenvalue weighted by Crippen LogP contribution is 2.25. The topological polar surface area (TPSA) is 76.7 Å². The van der Waals surface area contributed by atoms with Crippen LogP contribution in [0.1, 0.15) is 17.5 Å². The monoisotopic (exact) mass is 307 g/mol. The second-order valence-corrected chi connectivity index (χ2v) is 5.91. The third-order valence-electron chi connectivity index (χ3n) is 2.63. The summed E-state index contributed by atoms with van der Waals surface area (Å²) in [4.78, 5) is 14.1. The first kappa shape index (κ1) is 13.3. The van der Waals surface area contributed by atoms with Crippen LogP contribution in [0.2, 0.25) is 0 Å². The quantitative estimate of drug-likeness (QED) is 0.776. The second kappa shape index (κ2) is 5.76. The molecular weight excluding hydrogens is 294 g/mol. The van der Waals surface area contributed by atoms with E-state index in [0.717, 1.165) is 27.6 Å². The molecule has 3 aromatic rings. The lowest BCUT2D eigenvalue weighted by Crippen LogP contribution is -2.03. The van der Waals surface area contributed by atoms with Crippen LogP contribution in [0.5, 0.6) is 0 Å². The number of nitrogens with zero attached hydrogens (tertiary/aromatic N) is 4. The van der Waals surface area contributed by atoms with Crippen LogP contribution in [-0.4, -0.2) is 26.4 Å². The van der Waals surface area contributed by atoms with Gasteiger partial charge in [-0.05, 0) is 24.6 Å². The average Bonchev–Trinajstić information content (AvgIpc) is 3.05. The van der Waals surface area contributed by atoms with Crippen LogP contribution >= 0.6 is 23.1 Å². The van der Waals surface area contributed by atoms with Gasteiger partial charge in [0, 0.05) is 0 Å². The molecule has 0 aliphatic carbocycles. The number of thiophene rings is 1. The molecule has 0 aromatic carbocycles. The standard InChI is InChI=1S/C12H13N5OS2/c1-7-14-11(8-3-4-20-12(8)15-7)13-5-10-16-9(6-19-2)17-18-10/h3-4H,5-6H2,1-2H3,(H,13,14,15). The number of anilines is 1. The molecule has 20 heavy (non-hydrogen) atoms. The van der Waals surface area contributed by atoms with Crippen LogP contribution in [0.25, 0.3) is 10.2 Å². The number of aryl methyl sites for hydroxylation is 1. The average molecular weight is 307 g/mol. The van der Waals surface area contributed by atoms with Gasteiger partial charge in [0.05, 0.1) is 17.7 Å². The van der Waals surface area contributed by atoms with Crippen molar-refractivity contribution < 1.29 is 4.52 Å². The van der Waals surface area contributed by atoms with Crippen molar-refractivity contribution in [3.8, 4) is 0 Å². The fourth-order valence-corrected chi connectivity index (χ4v) is 2.99. The van der Waals surface area contributed by atoms with Gasteiger partial charge in [-0.2, -0.15) is 16.7 Å². The van der Waals surface area contributed by atoms with E-state index in [4.69, 9.17) is 4.52 Å². The van der Waals surface area contributed by atoms with E-state index in [9.17, 15) is 0 Å². The van der Waals surface area contributed by atoms with Crippen molar-refractivity contribution in [2.75, 3.05) is 11.6 Å². The van der Waals surface area contributed by atoms with Gasteiger partial charge in [-0.25, -0.2) is 9.97 Å². The minimum absolute atomic E-state index is 0.461. The molecule has 3 rings (SSSR count). The normalized spacial score (nSPS) is 11.1. The molecule has 0 saturated carbocycles. The summed E-state index contributed by atoms with van der Waals surface area (Å²) in [6.07, 6.45) is 2.01. The number of thioether (sulfide) groups is 1. The smallest absolute Gasteiger partial charge is 0.246 e. The lowest BCUT2D eigenvalue weighted by molar-refractivity contribution is 0.379. The lowest BCUT2D eigenvalue weighted by atomic mass is 10.3. The Morgan fingerprint density at radius 1 is 1.35 bits per heavy atom. The van der Waals surface area contributed by atoms with Crippen molar-refractivity contribution in [1.82, 2.24) is 20.1 Å². The van der Waals surface area contributed by atoms with Gasteiger partial charge in [0.15, 0.2) is 5.82 Å². The Balaban J connectivity index is 1.77. The number of fused-ring (bicyclic) bond motifs is 1. The summed E-state index contributed by atoms with van der Waals surface area (Å²) in [6.45, 7) is 2.34. The summed E-state index contributed by atoms with van der Waals surface area (Å²) in [5.41, 5.74) is 0. The summed E-state index contributed by atoms with van der Waals surface area (Å²) < 4.78 is 5.18. The van der Waals surface area contributed by atoms with Gasteiger partial charge in [-0.1, -0.05) is 5.16 Å².